The lowest BCUT2D eigenvalue weighted by Crippen LogP contribution is -2.29. The number of aromatic nitrogens is 1. The van der Waals surface area contributed by atoms with Gasteiger partial charge in [0.15, 0.2) is 11.6 Å². The standard InChI is InChI=1S/C14H13F2N3O/c15-12-4-3-11(6-13(12)16)18-9-14(20)19-8-10-2-1-5-17-7-10/h1-7,18H,8-9H2,(H,19,20). The van der Waals surface area contributed by atoms with Crippen molar-refractivity contribution in [1.29, 1.82) is 0 Å². The molecule has 0 unspecified atom stereocenters. The third-order valence-corrected chi connectivity index (χ3v) is 2.59. The Labute approximate surface area is 114 Å². The number of nitrogens with zero attached hydrogens (tertiary/aromatic N) is 1. The molecular formula is C14H13F2N3O. The van der Waals surface area contributed by atoms with Gasteiger partial charge in [-0.1, -0.05) is 6.07 Å². The van der Waals surface area contributed by atoms with E-state index in [4.69, 9.17) is 0 Å². The number of nitrogens with one attached hydrogen (secondary N) is 2. The van der Waals surface area contributed by atoms with Crippen LogP contribution in [-0.4, -0.2) is 17.4 Å². The second kappa shape index (κ2) is 6.60. The van der Waals surface area contributed by atoms with Crippen molar-refractivity contribution in [2.75, 3.05) is 11.9 Å². The van der Waals surface area contributed by atoms with Gasteiger partial charge in [0, 0.05) is 30.7 Å². The summed E-state index contributed by atoms with van der Waals surface area (Å²) in [7, 11) is 0. The lowest BCUT2D eigenvalue weighted by molar-refractivity contribution is -0.119. The Kier molecular flexibility index (Phi) is 4.60. The summed E-state index contributed by atoms with van der Waals surface area (Å²) in [5.74, 6) is -2.12. The van der Waals surface area contributed by atoms with E-state index in [1.54, 1.807) is 18.5 Å². The number of carbonyl (C=O) groups is 1. The first-order valence-electron chi connectivity index (χ1n) is 5.99. The average molecular weight is 277 g/mol. The van der Waals surface area contributed by atoms with Crippen molar-refractivity contribution < 1.29 is 13.6 Å². The molecule has 20 heavy (non-hydrogen) atoms. The van der Waals surface area contributed by atoms with Crippen LogP contribution in [0.1, 0.15) is 5.56 Å². The summed E-state index contributed by atoms with van der Waals surface area (Å²) in [6.07, 6.45) is 3.30. The van der Waals surface area contributed by atoms with Crippen LogP contribution in [-0.2, 0) is 11.3 Å². The van der Waals surface area contributed by atoms with Gasteiger partial charge in [-0.15, -0.1) is 0 Å². The molecule has 1 aromatic carbocycles. The van der Waals surface area contributed by atoms with Gasteiger partial charge in [0.1, 0.15) is 0 Å². The van der Waals surface area contributed by atoms with Crippen molar-refractivity contribution in [3.8, 4) is 0 Å². The van der Waals surface area contributed by atoms with E-state index in [9.17, 15) is 13.6 Å². The van der Waals surface area contributed by atoms with Gasteiger partial charge in [-0.2, -0.15) is 0 Å². The number of anilines is 1. The minimum Gasteiger partial charge on any atom is -0.376 e. The fourth-order valence-electron chi connectivity index (χ4n) is 1.55. The second-order valence-corrected chi connectivity index (χ2v) is 4.12. The second-order valence-electron chi connectivity index (χ2n) is 4.12. The van der Waals surface area contributed by atoms with Crippen LogP contribution in [0.3, 0.4) is 0 Å². The summed E-state index contributed by atoms with van der Waals surface area (Å²) < 4.78 is 25.7. The van der Waals surface area contributed by atoms with Crippen LogP contribution in [0.25, 0.3) is 0 Å². The Balaban J connectivity index is 1.79. The van der Waals surface area contributed by atoms with Gasteiger partial charge < -0.3 is 10.6 Å². The van der Waals surface area contributed by atoms with Crippen LogP contribution < -0.4 is 10.6 Å². The normalized spacial score (nSPS) is 10.1. The SMILES string of the molecule is O=C(CNc1ccc(F)c(F)c1)NCc1cccnc1. The highest BCUT2D eigenvalue weighted by Gasteiger charge is 2.04. The molecule has 0 bridgehead atoms. The number of hydrogen-bond acceptors (Lipinski definition) is 3. The van der Waals surface area contributed by atoms with Gasteiger partial charge in [-0.05, 0) is 23.8 Å². The molecule has 0 saturated carbocycles. The Bertz CT molecular complexity index is 590. The molecular weight excluding hydrogens is 264 g/mol. The first-order chi connectivity index (χ1) is 9.65. The number of benzene rings is 1. The van der Waals surface area contributed by atoms with E-state index < -0.39 is 11.6 Å². The fourth-order valence-corrected chi connectivity index (χ4v) is 1.55. The molecule has 0 aliphatic carbocycles. The average Bonchev–Trinajstić information content (AvgIpc) is 2.47. The fraction of sp³-hybridized carbons (Fsp3) is 0.143. The number of hydrogen-bond donors (Lipinski definition) is 2. The van der Waals surface area contributed by atoms with E-state index >= 15 is 0 Å². The maximum absolute atomic E-state index is 13.0. The molecule has 1 heterocycles. The number of carbonyl (C=O) groups excluding carboxylic acids is 1. The molecule has 1 aromatic heterocycles. The van der Waals surface area contributed by atoms with Crippen molar-refractivity contribution in [3.63, 3.8) is 0 Å². The number of rotatable bonds is 5. The van der Waals surface area contributed by atoms with E-state index in [-0.39, 0.29) is 12.5 Å². The van der Waals surface area contributed by atoms with Crippen LogP contribution in [0.15, 0.2) is 42.7 Å². The zero-order chi connectivity index (χ0) is 14.4. The first-order valence-corrected chi connectivity index (χ1v) is 5.99. The van der Waals surface area contributed by atoms with Crippen LogP contribution in [0.5, 0.6) is 0 Å². The van der Waals surface area contributed by atoms with Gasteiger partial charge in [-0.3, -0.25) is 9.78 Å². The Hall–Kier alpha value is -2.50. The van der Waals surface area contributed by atoms with Crippen molar-refractivity contribution in [2.24, 2.45) is 0 Å². The predicted molar refractivity (Wildman–Crippen MR) is 70.9 cm³/mol. The first kappa shape index (κ1) is 13.9. The van der Waals surface area contributed by atoms with E-state index in [0.29, 0.717) is 12.2 Å². The quantitative estimate of drug-likeness (QED) is 0.880. The molecule has 104 valence electrons. The monoisotopic (exact) mass is 277 g/mol. The molecule has 0 saturated heterocycles. The molecule has 6 heteroatoms. The molecule has 2 N–H and O–H groups in total. The molecule has 1 amide bonds. The third-order valence-electron chi connectivity index (χ3n) is 2.59. The van der Waals surface area contributed by atoms with Crippen molar-refractivity contribution in [2.45, 2.75) is 6.54 Å². The lowest BCUT2D eigenvalue weighted by Gasteiger charge is -2.08. The molecule has 0 aliphatic rings. The number of pyridine rings is 1. The van der Waals surface area contributed by atoms with E-state index in [2.05, 4.69) is 15.6 Å². The zero-order valence-corrected chi connectivity index (χ0v) is 10.6. The minimum absolute atomic E-state index is 0.0225. The molecule has 0 fully saturated rings. The van der Waals surface area contributed by atoms with Crippen LogP contribution >= 0.6 is 0 Å². The summed E-state index contributed by atoms with van der Waals surface area (Å²) >= 11 is 0. The lowest BCUT2D eigenvalue weighted by atomic mass is 10.3. The summed E-state index contributed by atoms with van der Waals surface area (Å²) in [5.41, 5.74) is 1.23. The highest BCUT2D eigenvalue weighted by Crippen LogP contribution is 2.12. The summed E-state index contributed by atoms with van der Waals surface area (Å²) in [5, 5.41) is 5.40. The van der Waals surface area contributed by atoms with Gasteiger partial charge in [0.2, 0.25) is 5.91 Å². The zero-order valence-electron chi connectivity index (χ0n) is 10.6. The van der Waals surface area contributed by atoms with Gasteiger partial charge >= 0.3 is 0 Å². The Morgan fingerprint density at radius 3 is 2.75 bits per heavy atom. The summed E-state index contributed by atoms with van der Waals surface area (Å²) in [6.45, 7) is 0.345. The molecule has 4 nitrogen and oxygen atoms in total. The molecule has 0 radical (unpaired) electrons. The van der Waals surface area contributed by atoms with Crippen LogP contribution in [0.2, 0.25) is 0 Å². The van der Waals surface area contributed by atoms with Gasteiger partial charge in [-0.25, -0.2) is 8.78 Å². The number of amides is 1. The minimum atomic E-state index is -0.953. The Morgan fingerprint density at radius 1 is 1.20 bits per heavy atom. The number of halogens is 2. The smallest absolute Gasteiger partial charge is 0.239 e. The van der Waals surface area contributed by atoms with E-state index in [0.717, 1.165) is 17.7 Å². The van der Waals surface area contributed by atoms with Crippen LogP contribution in [0, 0.1) is 11.6 Å². The molecule has 2 aromatic rings. The third kappa shape index (κ3) is 4.01. The van der Waals surface area contributed by atoms with Crippen molar-refractivity contribution >= 4 is 11.6 Å². The molecule has 0 atom stereocenters. The summed E-state index contributed by atoms with van der Waals surface area (Å²) in [4.78, 5) is 15.5. The maximum Gasteiger partial charge on any atom is 0.239 e. The van der Waals surface area contributed by atoms with Crippen molar-refractivity contribution in [1.82, 2.24) is 10.3 Å². The van der Waals surface area contributed by atoms with E-state index in [1.807, 2.05) is 6.07 Å². The molecule has 2 rings (SSSR count). The molecule has 0 spiro atoms. The highest BCUT2D eigenvalue weighted by atomic mass is 19.2. The van der Waals surface area contributed by atoms with Crippen molar-refractivity contribution in [3.05, 3.63) is 59.9 Å². The van der Waals surface area contributed by atoms with Crippen LogP contribution in [0.4, 0.5) is 14.5 Å². The topological polar surface area (TPSA) is 54.0 Å². The highest BCUT2D eigenvalue weighted by molar-refractivity contribution is 5.80. The molecule has 0 aliphatic heterocycles. The summed E-state index contributed by atoms with van der Waals surface area (Å²) in [6, 6.07) is 7.00. The van der Waals surface area contributed by atoms with Gasteiger partial charge in [0.25, 0.3) is 0 Å². The maximum atomic E-state index is 13.0. The Morgan fingerprint density at radius 2 is 2.05 bits per heavy atom. The predicted octanol–water partition coefficient (Wildman–Crippen LogP) is 2.09. The largest absolute Gasteiger partial charge is 0.376 e. The van der Waals surface area contributed by atoms with E-state index in [1.165, 1.54) is 6.07 Å². The van der Waals surface area contributed by atoms with Gasteiger partial charge in [0.05, 0.1) is 6.54 Å².